The zero-order valence-corrected chi connectivity index (χ0v) is 12.6. The summed E-state index contributed by atoms with van der Waals surface area (Å²) in [5.74, 6) is 0.805. The summed E-state index contributed by atoms with van der Waals surface area (Å²) in [6, 6.07) is 0.478. The van der Waals surface area contributed by atoms with Gasteiger partial charge in [0.2, 0.25) is 0 Å². The first kappa shape index (κ1) is 16.2. The lowest BCUT2D eigenvalue weighted by atomic mass is 9.89. The molecule has 2 fully saturated rings. The maximum Gasteiger partial charge on any atom is 0.0895 e. The van der Waals surface area contributed by atoms with E-state index in [0.717, 1.165) is 38.2 Å². The molecule has 0 heterocycles. The second-order valence-corrected chi connectivity index (χ2v) is 6.56. The van der Waals surface area contributed by atoms with Crippen LogP contribution >= 0.6 is 0 Å². The quantitative estimate of drug-likeness (QED) is 0.668. The van der Waals surface area contributed by atoms with Crippen molar-refractivity contribution in [3.05, 3.63) is 0 Å². The molecular weight excluding hydrogens is 254 g/mol. The second kappa shape index (κ2) is 8.98. The molecule has 2 rings (SSSR count). The Morgan fingerprint density at radius 2 is 1.70 bits per heavy atom. The minimum Gasteiger partial charge on any atom is -0.394 e. The monoisotopic (exact) mass is 285 g/mol. The molecule has 0 amide bonds. The van der Waals surface area contributed by atoms with Gasteiger partial charge in [0.15, 0.2) is 0 Å². The maximum atomic E-state index is 9.33. The summed E-state index contributed by atoms with van der Waals surface area (Å²) in [5, 5.41) is 21.5. The van der Waals surface area contributed by atoms with Gasteiger partial charge in [0.05, 0.1) is 18.8 Å². The molecule has 2 aliphatic rings. The molecule has 0 aromatic carbocycles. The van der Waals surface area contributed by atoms with Crippen molar-refractivity contribution in [1.82, 2.24) is 5.32 Å². The van der Waals surface area contributed by atoms with Crippen LogP contribution in [0.4, 0.5) is 0 Å². The molecule has 0 aromatic heterocycles. The van der Waals surface area contributed by atoms with E-state index in [2.05, 4.69) is 5.32 Å². The summed E-state index contributed by atoms with van der Waals surface area (Å²) < 4.78 is 6.10. The van der Waals surface area contributed by atoms with Gasteiger partial charge in [0.1, 0.15) is 0 Å². The molecule has 2 aliphatic carbocycles. The first-order valence-electron chi connectivity index (χ1n) is 8.42. The number of ether oxygens (including phenoxy) is 1. The minimum atomic E-state index is -0.629. The Bertz CT molecular complexity index is 248. The van der Waals surface area contributed by atoms with Crippen LogP contribution in [-0.4, -0.2) is 48.2 Å². The molecule has 20 heavy (non-hydrogen) atoms. The normalized spacial score (nSPS) is 30.3. The van der Waals surface area contributed by atoms with Crippen molar-refractivity contribution in [3.63, 3.8) is 0 Å². The first-order chi connectivity index (χ1) is 9.78. The van der Waals surface area contributed by atoms with Crippen LogP contribution in [0.15, 0.2) is 0 Å². The molecule has 0 aromatic rings. The largest absolute Gasteiger partial charge is 0.394 e. The zero-order chi connectivity index (χ0) is 14.2. The summed E-state index contributed by atoms with van der Waals surface area (Å²) in [7, 11) is 0. The number of hydrogen-bond acceptors (Lipinski definition) is 4. The molecule has 0 radical (unpaired) electrons. The molecule has 0 saturated heterocycles. The summed E-state index contributed by atoms with van der Waals surface area (Å²) in [6.07, 6.45) is 11.2. The fraction of sp³-hybridized carbons (Fsp3) is 1.00. The third kappa shape index (κ3) is 5.68. The van der Waals surface area contributed by atoms with Crippen LogP contribution in [0.3, 0.4) is 0 Å². The topological polar surface area (TPSA) is 61.7 Å². The van der Waals surface area contributed by atoms with E-state index in [-0.39, 0.29) is 6.61 Å². The highest BCUT2D eigenvalue weighted by molar-refractivity contribution is 4.79. The SMILES string of the molecule is OCC(O)CNC1CCC(OCC2CCCCC2)CC1. The zero-order valence-electron chi connectivity index (χ0n) is 12.6. The Morgan fingerprint density at radius 1 is 1.00 bits per heavy atom. The van der Waals surface area contributed by atoms with Crippen molar-refractivity contribution >= 4 is 0 Å². The van der Waals surface area contributed by atoms with E-state index < -0.39 is 6.10 Å². The molecule has 0 aliphatic heterocycles. The van der Waals surface area contributed by atoms with Gasteiger partial charge >= 0.3 is 0 Å². The van der Waals surface area contributed by atoms with Gasteiger partial charge in [0, 0.05) is 19.2 Å². The summed E-state index contributed by atoms with van der Waals surface area (Å²) >= 11 is 0. The van der Waals surface area contributed by atoms with Gasteiger partial charge in [-0.25, -0.2) is 0 Å². The molecule has 1 unspecified atom stereocenters. The molecule has 2 saturated carbocycles. The summed E-state index contributed by atoms with van der Waals surface area (Å²) in [6.45, 7) is 1.30. The van der Waals surface area contributed by atoms with Crippen LogP contribution in [0.25, 0.3) is 0 Å². The van der Waals surface area contributed by atoms with E-state index in [1.165, 1.54) is 32.1 Å². The Kier molecular flexibility index (Phi) is 7.28. The number of aliphatic hydroxyl groups is 2. The van der Waals surface area contributed by atoms with Crippen LogP contribution in [0, 0.1) is 5.92 Å². The molecule has 3 N–H and O–H groups in total. The molecule has 4 nitrogen and oxygen atoms in total. The molecule has 0 bridgehead atoms. The Balaban J connectivity index is 1.54. The lowest BCUT2D eigenvalue weighted by molar-refractivity contribution is -0.00434. The van der Waals surface area contributed by atoms with Gasteiger partial charge in [-0.05, 0) is 44.4 Å². The second-order valence-electron chi connectivity index (χ2n) is 6.56. The van der Waals surface area contributed by atoms with Crippen LogP contribution in [-0.2, 0) is 4.74 Å². The van der Waals surface area contributed by atoms with E-state index >= 15 is 0 Å². The summed E-state index contributed by atoms with van der Waals surface area (Å²) in [4.78, 5) is 0. The van der Waals surface area contributed by atoms with Crippen molar-refractivity contribution in [2.75, 3.05) is 19.8 Å². The molecule has 1 atom stereocenters. The van der Waals surface area contributed by atoms with Crippen molar-refractivity contribution in [2.45, 2.75) is 76.0 Å². The van der Waals surface area contributed by atoms with Crippen LogP contribution in [0.2, 0.25) is 0 Å². The number of aliphatic hydroxyl groups excluding tert-OH is 2. The molecule has 4 heteroatoms. The van der Waals surface area contributed by atoms with Gasteiger partial charge in [-0.1, -0.05) is 19.3 Å². The smallest absolute Gasteiger partial charge is 0.0895 e. The van der Waals surface area contributed by atoms with Gasteiger partial charge in [-0.2, -0.15) is 0 Å². The van der Waals surface area contributed by atoms with Gasteiger partial charge in [-0.3, -0.25) is 0 Å². The lowest BCUT2D eigenvalue weighted by Crippen LogP contribution is -2.40. The van der Waals surface area contributed by atoms with E-state index in [9.17, 15) is 5.11 Å². The average Bonchev–Trinajstić information content (AvgIpc) is 2.52. The minimum absolute atomic E-state index is 0.160. The van der Waals surface area contributed by atoms with Gasteiger partial charge in [0.25, 0.3) is 0 Å². The lowest BCUT2D eigenvalue weighted by Gasteiger charge is -2.31. The van der Waals surface area contributed by atoms with Crippen LogP contribution in [0.5, 0.6) is 0 Å². The van der Waals surface area contributed by atoms with Crippen molar-refractivity contribution in [2.24, 2.45) is 5.92 Å². The number of rotatable bonds is 7. The Labute approximate surface area is 122 Å². The Morgan fingerprint density at radius 3 is 2.35 bits per heavy atom. The van der Waals surface area contributed by atoms with E-state index in [1.54, 1.807) is 0 Å². The van der Waals surface area contributed by atoms with E-state index in [1.807, 2.05) is 0 Å². The molecular formula is C16H31NO3. The predicted molar refractivity (Wildman–Crippen MR) is 79.7 cm³/mol. The van der Waals surface area contributed by atoms with Crippen LogP contribution < -0.4 is 5.32 Å². The maximum absolute atomic E-state index is 9.33. The van der Waals surface area contributed by atoms with Gasteiger partial charge in [-0.15, -0.1) is 0 Å². The third-order valence-corrected chi connectivity index (χ3v) is 4.82. The average molecular weight is 285 g/mol. The van der Waals surface area contributed by atoms with Crippen molar-refractivity contribution in [1.29, 1.82) is 0 Å². The highest BCUT2D eigenvalue weighted by Crippen LogP contribution is 2.26. The Hall–Kier alpha value is -0.160. The fourth-order valence-corrected chi connectivity index (χ4v) is 3.43. The third-order valence-electron chi connectivity index (χ3n) is 4.82. The van der Waals surface area contributed by atoms with Crippen molar-refractivity contribution in [3.8, 4) is 0 Å². The fourth-order valence-electron chi connectivity index (χ4n) is 3.43. The molecule has 118 valence electrons. The van der Waals surface area contributed by atoms with Gasteiger partial charge < -0.3 is 20.3 Å². The highest BCUT2D eigenvalue weighted by atomic mass is 16.5. The highest BCUT2D eigenvalue weighted by Gasteiger charge is 2.23. The van der Waals surface area contributed by atoms with Crippen LogP contribution in [0.1, 0.15) is 57.8 Å². The standard InChI is InChI=1S/C16H31NO3/c18-11-15(19)10-17-14-6-8-16(9-7-14)20-12-13-4-2-1-3-5-13/h13-19H,1-12H2. The number of hydrogen-bond donors (Lipinski definition) is 3. The number of nitrogens with one attached hydrogen (secondary N) is 1. The van der Waals surface area contributed by atoms with E-state index in [0.29, 0.717) is 18.7 Å². The van der Waals surface area contributed by atoms with E-state index in [4.69, 9.17) is 9.84 Å². The van der Waals surface area contributed by atoms with Crippen molar-refractivity contribution < 1.29 is 14.9 Å². The molecule has 0 spiro atoms. The predicted octanol–water partition coefficient (Wildman–Crippen LogP) is 1.84. The summed E-state index contributed by atoms with van der Waals surface area (Å²) in [5.41, 5.74) is 0. The first-order valence-corrected chi connectivity index (χ1v) is 8.42.